The first kappa shape index (κ1) is 17.5. The molecule has 0 radical (unpaired) electrons. The number of rotatable bonds is 2. The van der Waals surface area contributed by atoms with Crippen LogP contribution < -0.4 is 4.90 Å². The smallest absolute Gasteiger partial charge is 0.414 e. The van der Waals surface area contributed by atoms with Crippen molar-refractivity contribution in [2.75, 3.05) is 11.4 Å². The molecule has 4 heteroatoms. The van der Waals surface area contributed by atoms with Crippen LogP contribution in [0.4, 0.5) is 10.5 Å². The molecule has 0 spiro atoms. The molecule has 0 saturated carbocycles. The van der Waals surface area contributed by atoms with E-state index in [1.165, 1.54) is 5.56 Å². The summed E-state index contributed by atoms with van der Waals surface area (Å²) in [7, 11) is 0. The van der Waals surface area contributed by atoms with Crippen molar-refractivity contribution in [1.82, 2.24) is 4.98 Å². The van der Waals surface area contributed by atoms with Gasteiger partial charge in [-0.15, -0.1) is 0 Å². The van der Waals surface area contributed by atoms with E-state index >= 15 is 0 Å². The minimum absolute atomic E-state index is 0.134. The molecule has 2 heterocycles. The van der Waals surface area contributed by atoms with Crippen molar-refractivity contribution in [1.29, 1.82) is 0 Å². The molecule has 1 aromatic carbocycles. The molecule has 4 nitrogen and oxygen atoms in total. The SMILES string of the molecule is CC(C)(C)OC(=O)N1CC(C)(C)c2cnc(Cc3ccccc3)cc21. The second-order valence-corrected chi connectivity index (χ2v) is 8.31. The minimum atomic E-state index is -0.510. The number of ether oxygens (including phenoxy) is 1. The molecule has 0 fully saturated rings. The normalized spacial score (nSPS) is 15.8. The maximum Gasteiger partial charge on any atom is 0.414 e. The number of fused-ring (bicyclic) bond motifs is 1. The van der Waals surface area contributed by atoms with Crippen molar-refractivity contribution in [3.63, 3.8) is 0 Å². The molecule has 1 aromatic heterocycles. The van der Waals surface area contributed by atoms with Gasteiger partial charge in [-0.3, -0.25) is 9.88 Å². The third-order valence-corrected chi connectivity index (χ3v) is 4.35. The predicted molar refractivity (Wildman–Crippen MR) is 100 cm³/mol. The van der Waals surface area contributed by atoms with Crippen LogP contribution in [0, 0.1) is 0 Å². The summed E-state index contributed by atoms with van der Waals surface area (Å²) in [6.07, 6.45) is 2.37. The zero-order valence-corrected chi connectivity index (χ0v) is 15.7. The van der Waals surface area contributed by atoms with Crippen molar-refractivity contribution < 1.29 is 9.53 Å². The molecule has 1 aliphatic rings. The molecule has 0 N–H and O–H groups in total. The van der Waals surface area contributed by atoms with Crippen LogP contribution in [0.3, 0.4) is 0 Å². The highest BCUT2D eigenvalue weighted by Crippen LogP contribution is 2.41. The van der Waals surface area contributed by atoms with E-state index in [1.54, 1.807) is 4.90 Å². The maximum absolute atomic E-state index is 12.7. The summed E-state index contributed by atoms with van der Waals surface area (Å²) in [6.45, 7) is 10.5. The van der Waals surface area contributed by atoms with Crippen molar-refractivity contribution in [2.45, 2.75) is 52.1 Å². The molecular weight excluding hydrogens is 312 g/mol. The van der Waals surface area contributed by atoms with Gasteiger partial charge in [-0.05, 0) is 32.4 Å². The number of hydrogen-bond donors (Lipinski definition) is 0. The fourth-order valence-corrected chi connectivity index (χ4v) is 3.18. The largest absolute Gasteiger partial charge is 0.443 e. The van der Waals surface area contributed by atoms with Gasteiger partial charge in [0.15, 0.2) is 0 Å². The van der Waals surface area contributed by atoms with E-state index in [1.807, 2.05) is 51.2 Å². The second-order valence-electron chi connectivity index (χ2n) is 8.31. The number of carbonyl (C=O) groups is 1. The van der Waals surface area contributed by atoms with E-state index in [-0.39, 0.29) is 11.5 Å². The standard InChI is InChI=1S/C21H26N2O2/c1-20(2,3)25-19(24)23-14-21(4,5)17-13-22-16(12-18(17)23)11-15-9-7-6-8-10-15/h6-10,12-13H,11,14H2,1-5H3. The number of carbonyl (C=O) groups excluding carboxylic acids is 1. The number of hydrogen-bond acceptors (Lipinski definition) is 3. The van der Waals surface area contributed by atoms with Crippen LogP contribution in [0.2, 0.25) is 0 Å². The van der Waals surface area contributed by atoms with E-state index in [4.69, 9.17) is 4.74 Å². The van der Waals surface area contributed by atoms with Gasteiger partial charge >= 0.3 is 6.09 Å². The summed E-state index contributed by atoms with van der Waals surface area (Å²) < 4.78 is 5.60. The third kappa shape index (κ3) is 3.84. The van der Waals surface area contributed by atoms with Crippen molar-refractivity contribution >= 4 is 11.8 Å². The average molecular weight is 338 g/mol. The average Bonchev–Trinajstić information content (AvgIpc) is 2.78. The third-order valence-electron chi connectivity index (χ3n) is 4.35. The molecule has 0 unspecified atom stereocenters. The maximum atomic E-state index is 12.7. The van der Waals surface area contributed by atoms with Crippen molar-refractivity contribution in [3.05, 3.63) is 59.4 Å². The van der Waals surface area contributed by atoms with E-state index in [0.717, 1.165) is 23.4 Å². The molecule has 3 rings (SSSR count). The summed E-state index contributed by atoms with van der Waals surface area (Å²) in [5.41, 5.74) is 3.52. The monoisotopic (exact) mass is 338 g/mol. The molecular formula is C21H26N2O2. The van der Waals surface area contributed by atoms with Gasteiger partial charge in [0.2, 0.25) is 0 Å². The van der Waals surface area contributed by atoms with Crippen LogP contribution in [0.5, 0.6) is 0 Å². The second kappa shape index (κ2) is 6.17. The lowest BCUT2D eigenvalue weighted by Crippen LogP contribution is -2.38. The molecule has 132 valence electrons. The lowest BCUT2D eigenvalue weighted by Gasteiger charge is -2.26. The summed E-state index contributed by atoms with van der Waals surface area (Å²) in [4.78, 5) is 19.0. The molecule has 25 heavy (non-hydrogen) atoms. The topological polar surface area (TPSA) is 42.4 Å². The van der Waals surface area contributed by atoms with Gasteiger partial charge in [-0.25, -0.2) is 4.79 Å². The molecule has 1 amide bonds. The molecule has 1 aliphatic heterocycles. The number of anilines is 1. The molecule has 0 bridgehead atoms. The van der Waals surface area contributed by atoms with Crippen molar-refractivity contribution in [2.24, 2.45) is 0 Å². The Kier molecular flexibility index (Phi) is 4.31. The van der Waals surface area contributed by atoms with E-state index in [2.05, 4.69) is 31.0 Å². The summed E-state index contributed by atoms with van der Waals surface area (Å²) >= 11 is 0. The minimum Gasteiger partial charge on any atom is -0.443 e. The van der Waals surface area contributed by atoms with Crippen LogP contribution in [-0.4, -0.2) is 23.2 Å². The molecule has 0 saturated heterocycles. The summed E-state index contributed by atoms with van der Waals surface area (Å²) in [6, 6.07) is 12.3. The van der Waals surface area contributed by atoms with Gasteiger partial charge < -0.3 is 4.74 Å². The van der Waals surface area contributed by atoms with Gasteiger partial charge in [0.1, 0.15) is 5.60 Å². The Hall–Kier alpha value is -2.36. The first-order valence-corrected chi connectivity index (χ1v) is 8.69. The lowest BCUT2D eigenvalue weighted by molar-refractivity contribution is 0.0579. The fraction of sp³-hybridized carbons (Fsp3) is 0.429. The summed E-state index contributed by atoms with van der Waals surface area (Å²) in [5.74, 6) is 0. The summed E-state index contributed by atoms with van der Waals surface area (Å²) in [5, 5.41) is 0. The Morgan fingerprint density at radius 2 is 1.92 bits per heavy atom. The first-order chi connectivity index (χ1) is 11.7. The number of pyridine rings is 1. The van der Waals surface area contributed by atoms with E-state index in [0.29, 0.717) is 6.54 Å². The van der Waals surface area contributed by atoms with Gasteiger partial charge in [0.05, 0.1) is 5.69 Å². The predicted octanol–water partition coefficient (Wildman–Crippen LogP) is 4.71. The number of benzene rings is 1. The zero-order valence-electron chi connectivity index (χ0n) is 15.7. The Morgan fingerprint density at radius 1 is 1.24 bits per heavy atom. The Morgan fingerprint density at radius 3 is 2.56 bits per heavy atom. The van der Waals surface area contributed by atoms with Crippen LogP contribution in [0.1, 0.15) is 51.4 Å². The number of aromatic nitrogens is 1. The highest BCUT2D eigenvalue weighted by molar-refractivity contribution is 5.91. The fourth-order valence-electron chi connectivity index (χ4n) is 3.18. The van der Waals surface area contributed by atoms with Crippen LogP contribution in [0.25, 0.3) is 0 Å². The van der Waals surface area contributed by atoms with Crippen molar-refractivity contribution in [3.8, 4) is 0 Å². The zero-order chi connectivity index (χ0) is 18.2. The van der Waals surface area contributed by atoms with E-state index < -0.39 is 5.60 Å². The van der Waals surface area contributed by atoms with Crippen LogP contribution in [-0.2, 0) is 16.6 Å². The van der Waals surface area contributed by atoms with Gasteiger partial charge in [0.25, 0.3) is 0 Å². The highest BCUT2D eigenvalue weighted by atomic mass is 16.6. The van der Waals surface area contributed by atoms with Gasteiger partial charge in [-0.2, -0.15) is 0 Å². The first-order valence-electron chi connectivity index (χ1n) is 8.69. The lowest BCUT2D eigenvalue weighted by atomic mass is 9.88. The molecule has 0 aliphatic carbocycles. The van der Waals surface area contributed by atoms with Gasteiger partial charge in [-0.1, -0.05) is 44.2 Å². The Labute approximate surface area is 149 Å². The quantitative estimate of drug-likeness (QED) is 0.797. The Bertz CT molecular complexity index is 776. The molecule has 2 aromatic rings. The van der Waals surface area contributed by atoms with Crippen LogP contribution in [0.15, 0.2) is 42.6 Å². The van der Waals surface area contributed by atoms with Gasteiger partial charge in [0, 0.05) is 35.8 Å². The van der Waals surface area contributed by atoms with E-state index in [9.17, 15) is 4.79 Å². The van der Waals surface area contributed by atoms with Crippen LogP contribution >= 0.6 is 0 Å². The number of amides is 1. The Balaban J connectivity index is 1.92. The molecule has 0 atom stereocenters. The highest BCUT2D eigenvalue weighted by Gasteiger charge is 2.40. The number of nitrogens with zero attached hydrogens (tertiary/aromatic N) is 2.